The van der Waals surface area contributed by atoms with Crippen molar-refractivity contribution in [2.24, 2.45) is 5.84 Å². The van der Waals surface area contributed by atoms with Crippen molar-refractivity contribution in [3.63, 3.8) is 0 Å². The molecule has 0 atom stereocenters. The first-order chi connectivity index (χ1) is 10.6. The van der Waals surface area contributed by atoms with Gasteiger partial charge in [-0.3, -0.25) is 4.79 Å². The van der Waals surface area contributed by atoms with Crippen molar-refractivity contribution >= 4 is 28.7 Å². The number of amides is 1. The quantitative estimate of drug-likeness (QED) is 0.332. The third kappa shape index (κ3) is 2.25. The highest BCUT2D eigenvalue weighted by Crippen LogP contribution is 2.24. The number of carbonyl (C=O) groups excluding carboxylic acids is 1. The number of nitrogen functional groups attached to an aromatic ring is 1. The molecule has 1 amide bonds. The van der Waals surface area contributed by atoms with Crippen LogP contribution in [-0.2, 0) is 6.54 Å². The molecule has 0 saturated heterocycles. The molecule has 0 fully saturated rings. The van der Waals surface area contributed by atoms with Gasteiger partial charge in [-0.05, 0) is 12.1 Å². The van der Waals surface area contributed by atoms with Crippen LogP contribution < -0.4 is 16.6 Å². The second-order valence-electron chi connectivity index (χ2n) is 4.39. The van der Waals surface area contributed by atoms with Crippen LogP contribution in [0.15, 0.2) is 29.0 Å². The third-order valence-corrected chi connectivity index (χ3v) is 2.98. The van der Waals surface area contributed by atoms with Gasteiger partial charge in [-0.25, -0.2) is 15.5 Å². The van der Waals surface area contributed by atoms with E-state index in [9.17, 15) is 4.79 Å². The molecular formula is C12H13N7O3. The molecule has 0 saturated carbocycles. The minimum atomic E-state index is -0.584. The number of furan rings is 1. The van der Waals surface area contributed by atoms with E-state index in [1.165, 1.54) is 23.2 Å². The molecule has 3 aromatic heterocycles. The third-order valence-electron chi connectivity index (χ3n) is 2.98. The summed E-state index contributed by atoms with van der Waals surface area (Å²) in [6.45, 7) is 0.115. The predicted molar refractivity (Wildman–Crippen MR) is 76.5 cm³/mol. The lowest BCUT2D eigenvalue weighted by atomic mass is 10.3. The molecule has 10 nitrogen and oxygen atoms in total. The van der Waals surface area contributed by atoms with E-state index in [2.05, 4.69) is 15.1 Å². The number of carbonyl (C=O) groups is 1. The van der Waals surface area contributed by atoms with Gasteiger partial charge in [0, 0.05) is 0 Å². The summed E-state index contributed by atoms with van der Waals surface area (Å²) < 4.78 is 6.47. The second-order valence-corrected chi connectivity index (χ2v) is 4.39. The summed E-state index contributed by atoms with van der Waals surface area (Å²) in [5.41, 5.74) is 6.04. The SMILES string of the molecule is Nc1nc(N(N)C(=O)c2ccco2)c2cnn(CCO)c2n1. The van der Waals surface area contributed by atoms with Gasteiger partial charge in [0.25, 0.3) is 0 Å². The molecule has 0 spiro atoms. The Bertz CT molecular complexity index is 812. The van der Waals surface area contributed by atoms with Crippen molar-refractivity contribution in [1.82, 2.24) is 19.7 Å². The molecule has 3 heterocycles. The van der Waals surface area contributed by atoms with E-state index in [-0.39, 0.29) is 30.7 Å². The molecule has 22 heavy (non-hydrogen) atoms. The average molecular weight is 303 g/mol. The Balaban J connectivity index is 2.08. The standard InChI is InChI=1S/C12H13N7O3/c13-12-16-9-7(6-15-18(9)3-4-20)10(17-12)19(14)11(21)8-2-1-5-22-8/h1-2,5-6,20H,3-4,14H2,(H2,13,16,17). The van der Waals surface area contributed by atoms with E-state index in [0.717, 1.165) is 5.01 Å². The van der Waals surface area contributed by atoms with Gasteiger partial charge in [0.1, 0.15) is 0 Å². The number of aromatic nitrogens is 4. The Morgan fingerprint density at radius 3 is 2.95 bits per heavy atom. The first-order valence-corrected chi connectivity index (χ1v) is 6.34. The van der Waals surface area contributed by atoms with Crippen LogP contribution in [0.2, 0.25) is 0 Å². The summed E-state index contributed by atoms with van der Waals surface area (Å²) in [6.07, 6.45) is 2.82. The van der Waals surface area contributed by atoms with E-state index >= 15 is 0 Å². The van der Waals surface area contributed by atoms with Gasteiger partial charge in [-0.1, -0.05) is 0 Å². The largest absolute Gasteiger partial charge is 0.459 e. The van der Waals surface area contributed by atoms with Crippen LogP contribution in [0.3, 0.4) is 0 Å². The average Bonchev–Trinajstić information content (AvgIpc) is 3.16. The van der Waals surface area contributed by atoms with Gasteiger partial charge in [0.2, 0.25) is 5.95 Å². The number of nitrogens with two attached hydrogens (primary N) is 2. The summed E-state index contributed by atoms with van der Waals surface area (Å²) in [6, 6.07) is 3.06. The molecule has 3 aromatic rings. The van der Waals surface area contributed by atoms with Crippen molar-refractivity contribution in [1.29, 1.82) is 0 Å². The fourth-order valence-corrected chi connectivity index (χ4v) is 2.01. The molecule has 0 aliphatic rings. The molecule has 3 rings (SSSR count). The summed E-state index contributed by atoms with van der Waals surface area (Å²) in [4.78, 5) is 20.3. The predicted octanol–water partition coefficient (Wildman–Crippen LogP) is -0.486. The normalized spacial score (nSPS) is 11.0. The van der Waals surface area contributed by atoms with Gasteiger partial charge in [-0.2, -0.15) is 15.1 Å². The van der Waals surface area contributed by atoms with E-state index in [0.29, 0.717) is 11.0 Å². The fourth-order valence-electron chi connectivity index (χ4n) is 2.01. The number of anilines is 2. The monoisotopic (exact) mass is 303 g/mol. The van der Waals surface area contributed by atoms with Crippen LogP contribution in [-0.4, -0.2) is 37.4 Å². The molecular weight excluding hydrogens is 290 g/mol. The number of hydrogen-bond acceptors (Lipinski definition) is 8. The topological polar surface area (TPSA) is 149 Å². The highest BCUT2D eigenvalue weighted by molar-refractivity contribution is 6.06. The van der Waals surface area contributed by atoms with Crippen molar-refractivity contribution in [2.75, 3.05) is 17.3 Å². The first kappa shape index (κ1) is 14.0. The highest BCUT2D eigenvalue weighted by atomic mass is 16.3. The Hall–Kier alpha value is -2.98. The Morgan fingerprint density at radius 2 is 2.27 bits per heavy atom. The molecule has 114 valence electrons. The maximum atomic E-state index is 12.2. The summed E-state index contributed by atoms with van der Waals surface area (Å²) >= 11 is 0. The second kappa shape index (κ2) is 5.42. The first-order valence-electron chi connectivity index (χ1n) is 6.34. The number of hydrazine groups is 1. The maximum absolute atomic E-state index is 12.2. The summed E-state index contributed by atoms with van der Waals surface area (Å²) in [5, 5.41) is 14.4. The van der Waals surface area contributed by atoms with Crippen LogP contribution in [0.1, 0.15) is 10.6 Å². The minimum absolute atomic E-state index is 0.0649. The number of fused-ring (bicyclic) bond motifs is 1. The lowest BCUT2D eigenvalue weighted by molar-refractivity contribution is 0.0959. The van der Waals surface area contributed by atoms with Gasteiger partial charge in [0.05, 0.1) is 31.0 Å². The van der Waals surface area contributed by atoms with Crippen molar-refractivity contribution in [2.45, 2.75) is 6.54 Å². The van der Waals surface area contributed by atoms with Crippen LogP contribution in [0.4, 0.5) is 11.8 Å². The Labute approximate surface area is 123 Å². The van der Waals surface area contributed by atoms with Crippen molar-refractivity contribution in [3.05, 3.63) is 30.4 Å². The lowest BCUT2D eigenvalue weighted by Crippen LogP contribution is -2.38. The molecule has 0 aliphatic heterocycles. The molecule has 0 aliphatic carbocycles. The molecule has 0 aromatic carbocycles. The van der Waals surface area contributed by atoms with E-state index in [4.69, 9.17) is 21.1 Å². The zero-order valence-electron chi connectivity index (χ0n) is 11.4. The lowest BCUT2D eigenvalue weighted by Gasteiger charge is -2.15. The van der Waals surface area contributed by atoms with Gasteiger partial charge >= 0.3 is 5.91 Å². The van der Waals surface area contributed by atoms with Crippen molar-refractivity contribution in [3.8, 4) is 0 Å². The zero-order chi connectivity index (χ0) is 15.7. The molecule has 5 N–H and O–H groups in total. The Morgan fingerprint density at radius 1 is 1.45 bits per heavy atom. The van der Waals surface area contributed by atoms with Crippen LogP contribution >= 0.6 is 0 Å². The van der Waals surface area contributed by atoms with Gasteiger partial charge in [-0.15, -0.1) is 0 Å². The number of nitrogens with zero attached hydrogens (tertiary/aromatic N) is 5. The molecule has 10 heteroatoms. The summed E-state index contributed by atoms with van der Waals surface area (Å²) in [5.74, 6) is 5.36. The number of aliphatic hydroxyl groups is 1. The van der Waals surface area contributed by atoms with Crippen LogP contribution in [0.5, 0.6) is 0 Å². The summed E-state index contributed by atoms with van der Waals surface area (Å²) in [7, 11) is 0. The fraction of sp³-hybridized carbons (Fsp3) is 0.167. The smallest absolute Gasteiger partial charge is 0.309 e. The number of aliphatic hydroxyl groups excluding tert-OH is 1. The van der Waals surface area contributed by atoms with E-state index in [1.807, 2.05) is 0 Å². The van der Waals surface area contributed by atoms with E-state index in [1.54, 1.807) is 6.07 Å². The van der Waals surface area contributed by atoms with E-state index < -0.39 is 5.91 Å². The minimum Gasteiger partial charge on any atom is -0.459 e. The molecule has 0 bridgehead atoms. The highest BCUT2D eigenvalue weighted by Gasteiger charge is 2.22. The number of hydrogen-bond donors (Lipinski definition) is 3. The van der Waals surface area contributed by atoms with Crippen LogP contribution in [0.25, 0.3) is 11.0 Å². The Kier molecular flexibility index (Phi) is 3.45. The van der Waals surface area contributed by atoms with Crippen LogP contribution in [0, 0.1) is 0 Å². The van der Waals surface area contributed by atoms with Gasteiger partial charge in [0.15, 0.2) is 17.2 Å². The maximum Gasteiger partial charge on any atom is 0.309 e. The van der Waals surface area contributed by atoms with Crippen molar-refractivity contribution < 1.29 is 14.3 Å². The number of rotatable bonds is 4. The molecule has 0 radical (unpaired) electrons. The molecule has 0 unspecified atom stereocenters. The zero-order valence-corrected chi connectivity index (χ0v) is 11.4. The van der Waals surface area contributed by atoms with Gasteiger partial charge < -0.3 is 15.3 Å².